The molecule has 1 unspecified atom stereocenters. The minimum absolute atomic E-state index is 0.177. The lowest BCUT2D eigenvalue weighted by Crippen LogP contribution is -2.22. The van der Waals surface area contributed by atoms with Crippen molar-refractivity contribution in [3.05, 3.63) is 35.4 Å². The maximum Gasteiger partial charge on any atom is 0.522 e. The van der Waals surface area contributed by atoms with Crippen molar-refractivity contribution in [2.75, 3.05) is 6.61 Å². The van der Waals surface area contributed by atoms with Crippen LogP contribution in [0.4, 0.5) is 13.2 Å². The minimum atomic E-state index is -4.72. The number of aryl methyl sites for hydroxylation is 1. The molecule has 0 fully saturated rings. The van der Waals surface area contributed by atoms with Crippen molar-refractivity contribution in [3.8, 4) is 0 Å². The summed E-state index contributed by atoms with van der Waals surface area (Å²) >= 11 is 0. The Morgan fingerprint density at radius 1 is 1.37 bits per heavy atom. The molecular weight excluding hydrogens is 261 g/mol. The molecule has 0 amide bonds. The number of ether oxygens (including phenoxy) is 1. The lowest BCUT2D eigenvalue weighted by molar-refractivity contribution is -0.325. The molecule has 1 atom stereocenters. The van der Waals surface area contributed by atoms with Crippen molar-refractivity contribution < 1.29 is 27.8 Å². The van der Waals surface area contributed by atoms with E-state index in [2.05, 4.69) is 4.74 Å². The molecule has 0 saturated heterocycles. The fourth-order valence-electron chi connectivity index (χ4n) is 1.73. The molecule has 1 N–H and O–H groups in total. The van der Waals surface area contributed by atoms with Gasteiger partial charge >= 0.3 is 12.3 Å². The van der Waals surface area contributed by atoms with Crippen LogP contribution in [0.3, 0.4) is 0 Å². The highest BCUT2D eigenvalue weighted by Crippen LogP contribution is 2.20. The van der Waals surface area contributed by atoms with Crippen LogP contribution in [0, 0.1) is 12.8 Å². The molecule has 0 heterocycles. The average Bonchev–Trinajstić information content (AvgIpc) is 2.28. The van der Waals surface area contributed by atoms with Gasteiger partial charge in [0.25, 0.3) is 0 Å². The number of halogens is 3. The molecule has 6 heteroatoms. The highest BCUT2D eigenvalue weighted by Gasteiger charge is 2.30. The number of carboxylic acids is 1. The number of carbonyl (C=O) groups is 1. The lowest BCUT2D eigenvalue weighted by Gasteiger charge is -2.14. The third-order valence-electron chi connectivity index (χ3n) is 2.81. The predicted molar refractivity (Wildman–Crippen MR) is 62.6 cm³/mol. The van der Waals surface area contributed by atoms with Gasteiger partial charge in [-0.05, 0) is 30.9 Å². The van der Waals surface area contributed by atoms with E-state index in [1.165, 1.54) is 0 Å². The molecule has 0 aliphatic rings. The first-order valence-corrected chi connectivity index (χ1v) is 5.77. The standard InChI is InChI=1S/C13H15F3O3/c1-9-4-2-3-5-10(9)8-11(12(17)18)6-7-19-13(14,15)16/h2-5,11H,6-8H2,1H3,(H,17,18). The first kappa shape index (κ1) is 15.5. The Balaban J connectivity index is 2.59. The molecule has 1 rings (SSSR count). The first-order valence-electron chi connectivity index (χ1n) is 5.77. The maximum atomic E-state index is 11.8. The fraction of sp³-hybridized carbons (Fsp3) is 0.462. The third-order valence-corrected chi connectivity index (χ3v) is 2.81. The summed E-state index contributed by atoms with van der Waals surface area (Å²) < 4.78 is 39.1. The Morgan fingerprint density at radius 3 is 2.53 bits per heavy atom. The summed E-state index contributed by atoms with van der Waals surface area (Å²) in [7, 11) is 0. The van der Waals surface area contributed by atoms with Gasteiger partial charge in [-0.15, -0.1) is 13.2 Å². The summed E-state index contributed by atoms with van der Waals surface area (Å²) in [5.74, 6) is -2.00. The Morgan fingerprint density at radius 2 is 2.00 bits per heavy atom. The molecule has 3 nitrogen and oxygen atoms in total. The normalized spacial score (nSPS) is 13.3. The second kappa shape index (κ2) is 6.56. The number of benzene rings is 1. The minimum Gasteiger partial charge on any atom is -0.481 e. The average molecular weight is 276 g/mol. The second-order valence-corrected chi connectivity index (χ2v) is 4.25. The molecule has 1 aromatic carbocycles. The van der Waals surface area contributed by atoms with Gasteiger partial charge in [0.1, 0.15) is 0 Å². The summed E-state index contributed by atoms with van der Waals surface area (Å²) in [5, 5.41) is 9.02. The van der Waals surface area contributed by atoms with Crippen molar-refractivity contribution in [2.24, 2.45) is 5.92 Å². The quantitative estimate of drug-likeness (QED) is 0.868. The predicted octanol–water partition coefficient (Wildman–Crippen LogP) is 3.16. The van der Waals surface area contributed by atoms with Crippen LogP contribution in [0.2, 0.25) is 0 Å². The van der Waals surface area contributed by atoms with Gasteiger partial charge in [0.2, 0.25) is 0 Å². The smallest absolute Gasteiger partial charge is 0.481 e. The van der Waals surface area contributed by atoms with Gasteiger partial charge in [-0.3, -0.25) is 9.53 Å². The van der Waals surface area contributed by atoms with Crippen molar-refractivity contribution in [2.45, 2.75) is 26.1 Å². The summed E-state index contributed by atoms with van der Waals surface area (Å²) in [5.41, 5.74) is 1.74. The molecule has 1 aromatic rings. The SMILES string of the molecule is Cc1ccccc1CC(CCOC(F)(F)F)C(=O)O. The van der Waals surface area contributed by atoms with Crippen LogP contribution >= 0.6 is 0 Å². The zero-order valence-electron chi connectivity index (χ0n) is 10.4. The Hall–Kier alpha value is -1.56. The molecule has 0 spiro atoms. The van der Waals surface area contributed by atoms with E-state index in [0.29, 0.717) is 0 Å². The van der Waals surface area contributed by atoms with Gasteiger partial charge in [0.15, 0.2) is 0 Å². The largest absolute Gasteiger partial charge is 0.522 e. The van der Waals surface area contributed by atoms with Crippen LogP contribution in [0.25, 0.3) is 0 Å². The molecule has 19 heavy (non-hydrogen) atoms. The van der Waals surface area contributed by atoms with Crippen molar-refractivity contribution >= 4 is 5.97 Å². The molecule has 0 bridgehead atoms. The first-order chi connectivity index (χ1) is 8.79. The van der Waals surface area contributed by atoms with E-state index in [0.717, 1.165) is 11.1 Å². The van der Waals surface area contributed by atoms with E-state index >= 15 is 0 Å². The monoisotopic (exact) mass is 276 g/mol. The van der Waals surface area contributed by atoms with E-state index in [4.69, 9.17) is 5.11 Å². The molecule has 0 radical (unpaired) electrons. The molecule has 0 aliphatic heterocycles. The van der Waals surface area contributed by atoms with Gasteiger partial charge in [0, 0.05) is 0 Å². The summed E-state index contributed by atoms with van der Waals surface area (Å²) in [4.78, 5) is 11.0. The molecule has 0 aliphatic carbocycles. The maximum absolute atomic E-state index is 11.8. The molecule has 106 valence electrons. The topological polar surface area (TPSA) is 46.5 Å². The highest BCUT2D eigenvalue weighted by molar-refractivity contribution is 5.70. The Kier molecular flexibility index (Phi) is 5.35. The number of alkyl halides is 3. The van der Waals surface area contributed by atoms with Crippen LogP contribution in [-0.2, 0) is 16.0 Å². The lowest BCUT2D eigenvalue weighted by atomic mass is 9.94. The van der Waals surface area contributed by atoms with Crippen LogP contribution in [-0.4, -0.2) is 24.0 Å². The number of hydrogen-bond acceptors (Lipinski definition) is 2. The third kappa shape index (κ3) is 5.74. The van der Waals surface area contributed by atoms with E-state index in [-0.39, 0.29) is 12.8 Å². The van der Waals surface area contributed by atoms with Gasteiger partial charge in [-0.2, -0.15) is 0 Å². The number of carboxylic acid groups (broad SMARTS) is 1. The number of aliphatic carboxylic acids is 1. The summed E-state index contributed by atoms with van der Waals surface area (Å²) in [6, 6.07) is 7.20. The van der Waals surface area contributed by atoms with E-state index in [9.17, 15) is 18.0 Å². The van der Waals surface area contributed by atoms with Gasteiger partial charge in [-0.1, -0.05) is 24.3 Å². The van der Waals surface area contributed by atoms with Crippen molar-refractivity contribution in [1.29, 1.82) is 0 Å². The van der Waals surface area contributed by atoms with Crippen molar-refractivity contribution in [3.63, 3.8) is 0 Å². The van der Waals surface area contributed by atoms with Gasteiger partial charge in [0.05, 0.1) is 12.5 Å². The van der Waals surface area contributed by atoms with E-state index in [1.54, 1.807) is 12.1 Å². The van der Waals surface area contributed by atoms with E-state index in [1.807, 2.05) is 19.1 Å². The number of hydrogen-bond donors (Lipinski definition) is 1. The second-order valence-electron chi connectivity index (χ2n) is 4.25. The summed E-state index contributed by atoms with van der Waals surface area (Å²) in [6.45, 7) is 1.19. The Bertz CT molecular complexity index is 429. The van der Waals surface area contributed by atoms with E-state index < -0.39 is 24.9 Å². The summed E-state index contributed by atoms with van der Waals surface area (Å²) in [6.07, 6.45) is -4.70. The zero-order chi connectivity index (χ0) is 14.5. The Labute approximate surface area is 109 Å². The highest BCUT2D eigenvalue weighted by atomic mass is 19.4. The fourth-order valence-corrected chi connectivity index (χ4v) is 1.73. The van der Waals surface area contributed by atoms with Crippen LogP contribution < -0.4 is 0 Å². The van der Waals surface area contributed by atoms with Crippen molar-refractivity contribution in [1.82, 2.24) is 0 Å². The number of rotatable bonds is 6. The van der Waals surface area contributed by atoms with Gasteiger partial charge in [-0.25, -0.2) is 0 Å². The van der Waals surface area contributed by atoms with Gasteiger partial charge < -0.3 is 5.11 Å². The van der Waals surface area contributed by atoms with Crippen LogP contribution in [0.1, 0.15) is 17.5 Å². The zero-order valence-corrected chi connectivity index (χ0v) is 10.4. The molecular formula is C13H15F3O3. The van der Waals surface area contributed by atoms with Crippen LogP contribution in [0.15, 0.2) is 24.3 Å². The molecule has 0 aromatic heterocycles. The van der Waals surface area contributed by atoms with Crippen LogP contribution in [0.5, 0.6) is 0 Å². The molecule has 0 saturated carbocycles.